The van der Waals surface area contributed by atoms with Gasteiger partial charge < -0.3 is 14.9 Å². The molecule has 1 atom stereocenters. The van der Waals surface area contributed by atoms with Gasteiger partial charge in [-0.15, -0.1) is 0 Å². The van der Waals surface area contributed by atoms with E-state index in [1.54, 1.807) is 0 Å². The van der Waals surface area contributed by atoms with E-state index in [4.69, 9.17) is 11.6 Å². The van der Waals surface area contributed by atoms with Crippen LogP contribution in [0.5, 0.6) is 5.75 Å². The van der Waals surface area contributed by atoms with Crippen molar-refractivity contribution < 1.29 is 5.11 Å². The van der Waals surface area contributed by atoms with Gasteiger partial charge in [0, 0.05) is 19.0 Å². The van der Waals surface area contributed by atoms with Crippen LogP contribution in [0, 0.1) is 0 Å². The van der Waals surface area contributed by atoms with Gasteiger partial charge in [-0.05, 0) is 75.3 Å². The van der Waals surface area contributed by atoms with Crippen LogP contribution in [0.3, 0.4) is 0 Å². The van der Waals surface area contributed by atoms with Crippen LogP contribution in [0.2, 0.25) is 5.02 Å². The third-order valence-corrected chi connectivity index (χ3v) is 5.56. The van der Waals surface area contributed by atoms with Gasteiger partial charge in [0.05, 0.1) is 5.02 Å². The molecule has 0 aliphatic carbocycles. The molecule has 1 N–H and O–H groups in total. The van der Waals surface area contributed by atoms with Crippen molar-refractivity contribution in [2.75, 3.05) is 40.3 Å². The highest BCUT2D eigenvalue weighted by Crippen LogP contribution is 2.36. The fraction of sp³-hybridized carbons (Fsp3) is 0.455. The largest absolute Gasteiger partial charge is 0.506 e. The van der Waals surface area contributed by atoms with Gasteiger partial charge >= 0.3 is 0 Å². The molecule has 3 nitrogen and oxygen atoms in total. The molecule has 0 radical (unpaired) electrons. The molecule has 1 aliphatic rings. The lowest BCUT2D eigenvalue weighted by molar-refractivity contribution is 0.264. The monoisotopic (exact) mass is 372 g/mol. The van der Waals surface area contributed by atoms with Gasteiger partial charge in [-0.2, -0.15) is 0 Å². The van der Waals surface area contributed by atoms with E-state index in [1.807, 2.05) is 12.1 Å². The molecule has 0 saturated carbocycles. The molecule has 0 bridgehead atoms. The summed E-state index contributed by atoms with van der Waals surface area (Å²) in [5.41, 5.74) is 3.78. The number of halogens is 1. The molecule has 140 valence electrons. The summed E-state index contributed by atoms with van der Waals surface area (Å²) in [5.74, 6) is 0.455. The molecule has 1 aliphatic heterocycles. The van der Waals surface area contributed by atoms with Crippen LogP contribution in [-0.2, 0) is 6.42 Å². The van der Waals surface area contributed by atoms with E-state index in [2.05, 4.69) is 54.2 Å². The zero-order valence-corrected chi connectivity index (χ0v) is 16.5. The molecule has 0 fully saturated rings. The molecule has 2 aromatic rings. The Kier molecular flexibility index (Phi) is 6.58. The van der Waals surface area contributed by atoms with E-state index in [9.17, 15) is 5.11 Å². The van der Waals surface area contributed by atoms with E-state index >= 15 is 0 Å². The maximum atomic E-state index is 10.2. The second-order valence-electron chi connectivity index (χ2n) is 7.53. The third kappa shape index (κ3) is 4.79. The number of hydrogen-bond donors (Lipinski definition) is 1. The highest BCUT2D eigenvalue weighted by atomic mass is 35.5. The fourth-order valence-corrected chi connectivity index (χ4v) is 4.01. The topological polar surface area (TPSA) is 26.7 Å². The number of fused-ring (bicyclic) bond motifs is 1. The molecule has 3 rings (SSSR count). The van der Waals surface area contributed by atoms with Crippen LogP contribution in [0.1, 0.15) is 35.4 Å². The molecular formula is C22H29ClN2O. The van der Waals surface area contributed by atoms with Crippen LogP contribution < -0.4 is 0 Å². The fourth-order valence-electron chi connectivity index (χ4n) is 3.82. The van der Waals surface area contributed by atoms with Gasteiger partial charge in [-0.3, -0.25) is 0 Å². The van der Waals surface area contributed by atoms with E-state index in [-0.39, 0.29) is 11.7 Å². The van der Waals surface area contributed by atoms with Crippen LogP contribution in [0.4, 0.5) is 0 Å². The number of phenolic OH excluding ortho intramolecular Hbond substituents is 1. The van der Waals surface area contributed by atoms with Crippen molar-refractivity contribution in [3.05, 3.63) is 64.2 Å². The van der Waals surface area contributed by atoms with Gasteiger partial charge in [0.2, 0.25) is 0 Å². The summed E-state index contributed by atoms with van der Waals surface area (Å²) < 4.78 is 0. The average Bonchev–Trinajstić information content (AvgIpc) is 2.80. The van der Waals surface area contributed by atoms with Crippen LogP contribution in [0.15, 0.2) is 42.5 Å². The minimum atomic E-state index is 0.186. The molecular weight excluding hydrogens is 344 g/mol. The summed E-state index contributed by atoms with van der Waals surface area (Å²) in [5, 5.41) is 10.6. The number of aromatic hydroxyl groups is 1. The Morgan fingerprint density at radius 3 is 2.65 bits per heavy atom. The summed E-state index contributed by atoms with van der Waals surface area (Å²) in [6.45, 7) is 4.28. The molecule has 0 aromatic heterocycles. The molecule has 26 heavy (non-hydrogen) atoms. The zero-order chi connectivity index (χ0) is 18.5. The second-order valence-corrected chi connectivity index (χ2v) is 7.93. The Balaban J connectivity index is 1.82. The molecule has 1 heterocycles. The molecule has 0 amide bonds. The van der Waals surface area contributed by atoms with Crippen LogP contribution in [-0.4, -0.2) is 55.2 Å². The van der Waals surface area contributed by atoms with Gasteiger partial charge in [0.1, 0.15) is 5.75 Å². The summed E-state index contributed by atoms with van der Waals surface area (Å²) in [4.78, 5) is 4.81. The first-order valence-corrected chi connectivity index (χ1v) is 9.85. The highest BCUT2D eigenvalue weighted by molar-refractivity contribution is 6.32. The van der Waals surface area contributed by atoms with Crippen molar-refractivity contribution in [1.82, 2.24) is 9.80 Å². The number of phenols is 1. The van der Waals surface area contributed by atoms with Gasteiger partial charge in [0.25, 0.3) is 0 Å². The lowest BCUT2D eigenvalue weighted by Crippen LogP contribution is -2.30. The van der Waals surface area contributed by atoms with Crippen molar-refractivity contribution in [1.29, 1.82) is 0 Å². The van der Waals surface area contributed by atoms with Gasteiger partial charge in [-0.1, -0.05) is 41.9 Å². The minimum Gasteiger partial charge on any atom is -0.506 e. The first kappa shape index (κ1) is 19.2. The number of rotatable bonds is 6. The minimum absolute atomic E-state index is 0.186. The summed E-state index contributed by atoms with van der Waals surface area (Å²) in [6, 6.07) is 14.5. The van der Waals surface area contributed by atoms with Crippen LogP contribution in [0.25, 0.3) is 0 Å². The van der Waals surface area contributed by atoms with E-state index in [0.29, 0.717) is 5.02 Å². The van der Waals surface area contributed by atoms with Crippen molar-refractivity contribution in [3.8, 4) is 5.75 Å². The van der Waals surface area contributed by atoms with Crippen molar-refractivity contribution in [2.45, 2.75) is 25.2 Å². The summed E-state index contributed by atoms with van der Waals surface area (Å²) >= 11 is 6.19. The Hall–Kier alpha value is -1.55. The SMILES string of the molecule is CN(C)CCCCN1CCc2cc(Cl)c(O)cc2C(c2ccccc2)C1. The quantitative estimate of drug-likeness (QED) is 0.762. The van der Waals surface area contributed by atoms with Crippen LogP contribution >= 0.6 is 11.6 Å². The normalized spacial score (nSPS) is 17.9. The molecule has 1 unspecified atom stereocenters. The number of hydrogen-bond acceptors (Lipinski definition) is 3. The average molecular weight is 373 g/mol. The molecule has 0 saturated heterocycles. The summed E-state index contributed by atoms with van der Waals surface area (Å²) in [6.07, 6.45) is 3.41. The third-order valence-electron chi connectivity index (χ3n) is 5.25. The predicted octanol–water partition coefficient (Wildman–Crippen LogP) is 4.38. The maximum Gasteiger partial charge on any atom is 0.134 e. The number of unbranched alkanes of at least 4 members (excludes halogenated alkanes) is 1. The van der Waals surface area contributed by atoms with E-state index in [0.717, 1.165) is 32.6 Å². The Morgan fingerprint density at radius 1 is 1.15 bits per heavy atom. The Labute approximate surface area is 162 Å². The summed E-state index contributed by atoms with van der Waals surface area (Å²) in [7, 11) is 4.26. The van der Waals surface area contributed by atoms with Gasteiger partial charge in [-0.25, -0.2) is 0 Å². The second kappa shape index (κ2) is 8.90. The lowest BCUT2D eigenvalue weighted by atomic mass is 9.88. The first-order valence-electron chi connectivity index (χ1n) is 9.48. The standard InChI is InChI=1S/C22H29ClN2O/c1-24(2)11-6-7-12-25-13-10-18-14-21(23)22(26)15-19(18)20(16-25)17-8-4-3-5-9-17/h3-5,8-9,14-15,20,26H,6-7,10-13,16H2,1-2H3. The lowest BCUT2D eigenvalue weighted by Gasteiger charge is -2.25. The van der Waals surface area contributed by atoms with E-state index in [1.165, 1.54) is 29.5 Å². The first-order chi connectivity index (χ1) is 12.5. The molecule has 4 heteroatoms. The number of benzene rings is 2. The Bertz CT molecular complexity index is 718. The number of nitrogens with zero attached hydrogens (tertiary/aromatic N) is 2. The zero-order valence-electron chi connectivity index (χ0n) is 15.8. The van der Waals surface area contributed by atoms with Crippen molar-refractivity contribution in [2.24, 2.45) is 0 Å². The van der Waals surface area contributed by atoms with Gasteiger partial charge in [0.15, 0.2) is 0 Å². The van der Waals surface area contributed by atoms with Crippen molar-refractivity contribution >= 4 is 11.6 Å². The van der Waals surface area contributed by atoms with Crippen molar-refractivity contribution in [3.63, 3.8) is 0 Å². The maximum absolute atomic E-state index is 10.2. The molecule has 0 spiro atoms. The predicted molar refractivity (Wildman–Crippen MR) is 109 cm³/mol. The Morgan fingerprint density at radius 2 is 1.92 bits per heavy atom. The molecule has 2 aromatic carbocycles. The smallest absolute Gasteiger partial charge is 0.134 e. The highest BCUT2D eigenvalue weighted by Gasteiger charge is 2.25. The van der Waals surface area contributed by atoms with E-state index < -0.39 is 0 Å².